The Morgan fingerprint density at radius 1 is 1.13 bits per heavy atom. The van der Waals surface area contributed by atoms with Crippen molar-refractivity contribution < 1.29 is 9.18 Å². The van der Waals surface area contributed by atoms with Crippen molar-refractivity contribution in [2.45, 2.75) is 32.1 Å². The van der Waals surface area contributed by atoms with Gasteiger partial charge in [0.15, 0.2) is 0 Å². The summed E-state index contributed by atoms with van der Waals surface area (Å²) in [5.74, 6) is -0.158. The number of carbonyl (C=O) groups excluding carboxylic acids is 1. The zero-order valence-corrected chi connectivity index (χ0v) is 17.0. The number of nitrogens with two attached hydrogens (primary N) is 1. The summed E-state index contributed by atoms with van der Waals surface area (Å²) < 4.78 is 14.5. The number of hydrogen-bond donors (Lipinski definition) is 2. The highest BCUT2D eigenvalue weighted by Crippen LogP contribution is 2.55. The predicted molar refractivity (Wildman–Crippen MR) is 113 cm³/mol. The maximum absolute atomic E-state index is 14.5. The van der Waals surface area contributed by atoms with Crippen molar-refractivity contribution in [3.8, 4) is 11.3 Å². The summed E-state index contributed by atoms with van der Waals surface area (Å²) in [6, 6.07) is 13.7. The van der Waals surface area contributed by atoms with Crippen LogP contribution in [0.5, 0.6) is 0 Å². The van der Waals surface area contributed by atoms with Gasteiger partial charge in [-0.1, -0.05) is 26.0 Å². The summed E-state index contributed by atoms with van der Waals surface area (Å²) >= 11 is 0. The molecule has 3 aromatic rings. The number of nitrogens with zero attached hydrogens (tertiary/aromatic N) is 3. The van der Waals surface area contributed by atoms with Crippen LogP contribution in [-0.4, -0.2) is 27.6 Å². The number of benzene rings is 1. The predicted octanol–water partition coefficient (Wildman–Crippen LogP) is 3.95. The van der Waals surface area contributed by atoms with Gasteiger partial charge in [-0.15, -0.1) is 10.2 Å². The summed E-state index contributed by atoms with van der Waals surface area (Å²) in [7, 11) is 0. The van der Waals surface area contributed by atoms with Gasteiger partial charge in [-0.3, -0.25) is 9.78 Å². The lowest BCUT2D eigenvalue weighted by Gasteiger charge is -2.53. The molecule has 4 rings (SSSR count). The van der Waals surface area contributed by atoms with Gasteiger partial charge in [0, 0.05) is 29.3 Å². The zero-order chi connectivity index (χ0) is 21.4. The molecule has 7 heteroatoms. The molecule has 0 aliphatic heterocycles. The molecule has 0 spiro atoms. The average Bonchev–Trinajstić information content (AvgIpc) is 2.71. The molecule has 2 heterocycles. The number of pyridine rings is 1. The smallest absolute Gasteiger partial charge is 0.248 e. The molecule has 30 heavy (non-hydrogen) atoms. The van der Waals surface area contributed by atoms with E-state index in [4.69, 9.17) is 5.73 Å². The Bertz CT molecular complexity index is 1070. The van der Waals surface area contributed by atoms with E-state index in [1.54, 1.807) is 30.5 Å². The summed E-state index contributed by atoms with van der Waals surface area (Å²) in [5, 5.41) is 11.8. The minimum atomic E-state index is -0.487. The molecule has 1 aliphatic rings. The minimum Gasteiger partial charge on any atom is -0.368 e. The van der Waals surface area contributed by atoms with Crippen LogP contribution in [-0.2, 0) is 5.41 Å². The Morgan fingerprint density at radius 2 is 1.93 bits per heavy atom. The second-order valence-corrected chi connectivity index (χ2v) is 8.73. The van der Waals surface area contributed by atoms with E-state index in [9.17, 15) is 9.18 Å². The molecule has 2 aromatic heterocycles. The molecule has 1 fully saturated rings. The Kier molecular flexibility index (Phi) is 4.97. The van der Waals surface area contributed by atoms with Crippen LogP contribution < -0.4 is 11.1 Å². The SMILES string of the molecule is CC1(C)CC(CNc2ccc(-c3cccc(C(N)=O)c3)nn2)(c2ncccc2F)C1. The summed E-state index contributed by atoms with van der Waals surface area (Å²) in [4.78, 5) is 15.7. The lowest BCUT2D eigenvalue weighted by atomic mass is 9.53. The highest BCUT2D eigenvalue weighted by atomic mass is 19.1. The third kappa shape index (κ3) is 3.87. The average molecular weight is 405 g/mol. The maximum Gasteiger partial charge on any atom is 0.248 e. The molecule has 1 aromatic carbocycles. The first-order chi connectivity index (χ1) is 14.3. The standard InChI is InChI=1S/C23H24FN5O/c1-22(2)12-23(13-22,20-17(24)7-4-10-26-20)14-27-19-9-8-18(28-29-19)15-5-3-6-16(11-15)21(25)30/h3-11H,12-14H2,1-2H3,(H2,25,30)(H,27,29). The van der Waals surface area contributed by atoms with Gasteiger partial charge in [-0.2, -0.15) is 0 Å². The number of aromatic nitrogens is 3. The van der Waals surface area contributed by atoms with Gasteiger partial charge in [0.25, 0.3) is 0 Å². The number of nitrogens with one attached hydrogen (secondary N) is 1. The van der Waals surface area contributed by atoms with Crippen molar-refractivity contribution in [2.75, 3.05) is 11.9 Å². The van der Waals surface area contributed by atoms with Crippen molar-refractivity contribution in [2.24, 2.45) is 11.1 Å². The van der Waals surface area contributed by atoms with Crippen LogP contribution in [0.25, 0.3) is 11.3 Å². The summed E-state index contributed by atoms with van der Waals surface area (Å²) in [6.07, 6.45) is 3.32. The Morgan fingerprint density at radius 3 is 2.57 bits per heavy atom. The van der Waals surface area contributed by atoms with E-state index in [0.29, 0.717) is 29.3 Å². The first-order valence-electron chi connectivity index (χ1n) is 9.87. The summed E-state index contributed by atoms with van der Waals surface area (Å²) in [5.41, 5.74) is 7.44. The molecule has 6 nitrogen and oxygen atoms in total. The monoisotopic (exact) mass is 405 g/mol. The molecule has 3 N–H and O–H groups in total. The largest absolute Gasteiger partial charge is 0.368 e. The van der Waals surface area contributed by atoms with Crippen molar-refractivity contribution in [1.29, 1.82) is 0 Å². The maximum atomic E-state index is 14.5. The van der Waals surface area contributed by atoms with Crippen molar-refractivity contribution in [3.05, 3.63) is 71.8 Å². The van der Waals surface area contributed by atoms with Crippen LogP contribution in [0.1, 0.15) is 42.7 Å². The minimum absolute atomic E-state index is 0.145. The molecular formula is C23H24FN5O. The molecular weight excluding hydrogens is 381 g/mol. The molecule has 0 unspecified atom stereocenters. The van der Waals surface area contributed by atoms with E-state index in [1.165, 1.54) is 6.07 Å². The van der Waals surface area contributed by atoms with Crippen LogP contribution in [0.3, 0.4) is 0 Å². The van der Waals surface area contributed by atoms with Crippen molar-refractivity contribution in [3.63, 3.8) is 0 Å². The molecule has 0 saturated heterocycles. The first kappa shape index (κ1) is 19.9. The molecule has 0 bridgehead atoms. The first-order valence-corrected chi connectivity index (χ1v) is 9.87. The van der Waals surface area contributed by atoms with Crippen molar-refractivity contribution >= 4 is 11.7 Å². The lowest BCUT2D eigenvalue weighted by molar-refractivity contribution is 0.0603. The number of halogens is 1. The molecule has 1 amide bonds. The number of anilines is 1. The third-order valence-electron chi connectivity index (χ3n) is 5.61. The summed E-state index contributed by atoms with van der Waals surface area (Å²) in [6.45, 7) is 4.89. The highest BCUT2D eigenvalue weighted by molar-refractivity contribution is 5.93. The normalized spacial score (nSPS) is 16.5. The van der Waals surface area contributed by atoms with Gasteiger partial charge >= 0.3 is 0 Å². The van der Waals surface area contributed by atoms with Gasteiger partial charge < -0.3 is 11.1 Å². The van der Waals surface area contributed by atoms with E-state index >= 15 is 0 Å². The molecule has 1 aliphatic carbocycles. The van der Waals surface area contributed by atoms with Gasteiger partial charge in [0.05, 0.1) is 11.4 Å². The van der Waals surface area contributed by atoms with Crippen molar-refractivity contribution in [1.82, 2.24) is 15.2 Å². The van der Waals surface area contributed by atoms with Crippen LogP contribution in [0.2, 0.25) is 0 Å². The van der Waals surface area contributed by atoms with Gasteiger partial charge in [-0.05, 0) is 54.7 Å². The van der Waals surface area contributed by atoms with E-state index in [1.807, 2.05) is 18.2 Å². The molecule has 154 valence electrons. The molecule has 0 radical (unpaired) electrons. The number of rotatable bonds is 6. The second-order valence-electron chi connectivity index (χ2n) is 8.73. The highest BCUT2D eigenvalue weighted by Gasteiger charge is 2.52. The van der Waals surface area contributed by atoms with Crippen LogP contribution in [0.15, 0.2) is 54.7 Å². The van der Waals surface area contributed by atoms with Gasteiger partial charge in [0.1, 0.15) is 11.6 Å². The van der Waals surface area contributed by atoms with E-state index < -0.39 is 5.91 Å². The quantitative estimate of drug-likeness (QED) is 0.648. The Labute approximate surface area is 174 Å². The van der Waals surface area contributed by atoms with E-state index in [-0.39, 0.29) is 16.6 Å². The third-order valence-corrected chi connectivity index (χ3v) is 5.61. The Hall–Kier alpha value is -3.35. The topological polar surface area (TPSA) is 93.8 Å². The fraction of sp³-hybridized carbons (Fsp3) is 0.304. The Balaban J connectivity index is 1.51. The van der Waals surface area contributed by atoms with Crippen LogP contribution in [0.4, 0.5) is 10.2 Å². The van der Waals surface area contributed by atoms with Crippen LogP contribution in [0, 0.1) is 11.2 Å². The zero-order valence-electron chi connectivity index (χ0n) is 17.0. The van der Waals surface area contributed by atoms with E-state index in [0.717, 1.165) is 18.4 Å². The fourth-order valence-electron chi connectivity index (χ4n) is 4.60. The second kappa shape index (κ2) is 7.48. The van der Waals surface area contributed by atoms with Crippen LogP contribution >= 0.6 is 0 Å². The van der Waals surface area contributed by atoms with Gasteiger partial charge in [0.2, 0.25) is 5.91 Å². The number of amides is 1. The number of hydrogen-bond acceptors (Lipinski definition) is 5. The number of primary amides is 1. The molecule has 0 atom stereocenters. The fourth-order valence-corrected chi connectivity index (χ4v) is 4.60. The number of carbonyl (C=O) groups is 1. The molecule has 1 saturated carbocycles. The van der Waals surface area contributed by atoms with E-state index in [2.05, 4.69) is 34.3 Å². The lowest BCUT2D eigenvalue weighted by Crippen LogP contribution is -2.52. The van der Waals surface area contributed by atoms with Gasteiger partial charge in [-0.25, -0.2) is 4.39 Å².